The van der Waals surface area contributed by atoms with Crippen molar-refractivity contribution in [3.63, 3.8) is 0 Å². The SMILES string of the molecule is CNS(=O)(=O)c1ccc(CCC2(C3CCCC3)CC(=O)CC(=O)O2)cc1F. The number of rotatable bonds is 6. The Kier molecular flexibility index (Phi) is 5.67. The predicted molar refractivity (Wildman–Crippen MR) is 96.0 cm³/mol. The minimum Gasteiger partial charge on any atom is -0.458 e. The van der Waals surface area contributed by atoms with E-state index in [1.54, 1.807) is 6.07 Å². The molecule has 0 bridgehead atoms. The van der Waals surface area contributed by atoms with E-state index in [4.69, 9.17) is 4.74 Å². The van der Waals surface area contributed by atoms with Gasteiger partial charge in [0.2, 0.25) is 10.0 Å². The van der Waals surface area contributed by atoms with Crippen LogP contribution in [-0.2, 0) is 30.8 Å². The number of hydrogen-bond donors (Lipinski definition) is 1. The van der Waals surface area contributed by atoms with E-state index in [1.165, 1.54) is 19.2 Å². The molecule has 1 atom stereocenters. The summed E-state index contributed by atoms with van der Waals surface area (Å²) >= 11 is 0. The van der Waals surface area contributed by atoms with Gasteiger partial charge in [0.15, 0.2) is 0 Å². The highest BCUT2D eigenvalue weighted by atomic mass is 32.2. The Labute approximate surface area is 158 Å². The summed E-state index contributed by atoms with van der Waals surface area (Å²) in [5.41, 5.74) is -0.219. The molecule has 1 N–H and O–H groups in total. The number of carbonyl (C=O) groups is 2. The van der Waals surface area contributed by atoms with Gasteiger partial charge in [0, 0.05) is 6.42 Å². The van der Waals surface area contributed by atoms with Gasteiger partial charge < -0.3 is 4.74 Å². The molecule has 3 rings (SSSR count). The van der Waals surface area contributed by atoms with E-state index in [9.17, 15) is 22.4 Å². The number of hydrogen-bond acceptors (Lipinski definition) is 5. The Morgan fingerprint density at radius 1 is 1.26 bits per heavy atom. The van der Waals surface area contributed by atoms with Crippen LogP contribution in [0.5, 0.6) is 0 Å². The molecule has 2 fully saturated rings. The van der Waals surface area contributed by atoms with E-state index in [0.717, 1.165) is 25.7 Å². The van der Waals surface area contributed by atoms with Crippen LogP contribution in [-0.4, -0.2) is 32.8 Å². The van der Waals surface area contributed by atoms with Crippen LogP contribution in [0.3, 0.4) is 0 Å². The summed E-state index contributed by atoms with van der Waals surface area (Å²) < 4.78 is 45.6. The first kappa shape index (κ1) is 19.9. The Morgan fingerprint density at radius 2 is 1.96 bits per heavy atom. The molecule has 148 valence electrons. The van der Waals surface area contributed by atoms with Gasteiger partial charge in [0.1, 0.15) is 28.5 Å². The molecule has 0 aromatic heterocycles. The summed E-state index contributed by atoms with van der Waals surface area (Å²) in [6.45, 7) is 0. The van der Waals surface area contributed by atoms with Crippen LogP contribution >= 0.6 is 0 Å². The molecule has 1 saturated carbocycles. The molecule has 1 unspecified atom stereocenters. The van der Waals surface area contributed by atoms with Crippen LogP contribution in [0.25, 0.3) is 0 Å². The maximum atomic E-state index is 14.3. The van der Waals surface area contributed by atoms with E-state index in [0.29, 0.717) is 18.4 Å². The summed E-state index contributed by atoms with van der Waals surface area (Å²) in [7, 11) is -2.64. The van der Waals surface area contributed by atoms with Gasteiger partial charge >= 0.3 is 5.97 Å². The topological polar surface area (TPSA) is 89.5 Å². The Hall–Kier alpha value is -1.80. The van der Waals surface area contributed by atoms with Crippen molar-refractivity contribution < 1.29 is 27.1 Å². The molecule has 1 aromatic carbocycles. The largest absolute Gasteiger partial charge is 0.458 e. The fraction of sp³-hybridized carbons (Fsp3) is 0.579. The number of Topliss-reactive ketones (excluding diaryl/α,β-unsaturated/α-hetero) is 1. The number of cyclic esters (lactones) is 1. The first-order valence-electron chi connectivity index (χ1n) is 9.21. The zero-order chi connectivity index (χ0) is 19.7. The Bertz CT molecular complexity index is 830. The molecule has 2 aliphatic rings. The summed E-state index contributed by atoms with van der Waals surface area (Å²) in [4.78, 5) is 23.6. The van der Waals surface area contributed by atoms with Crippen molar-refractivity contribution in [2.45, 2.75) is 61.9 Å². The van der Waals surface area contributed by atoms with Gasteiger partial charge in [-0.1, -0.05) is 18.9 Å². The minimum atomic E-state index is -3.86. The van der Waals surface area contributed by atoms with Crippen molar-refractivity contribution in [1.29, 1.82) is 0 Å². The molecular weight excluding hydrogens is 373 g/mol. The Morgan fingerprint density at radius 3 is 2.56 bits per heavy atom. The second-order valence-electron chi connectivity index (χ2n) is 7.38. The lowest BCUT2D eigenvalue weighted by molar-refractivity contribution is -0.178. The number of ether oxygens (including phenoxy) is 1. The molecule has 0 spiro atoms. The molecule has 27 heavy (non-hydrogen) atoms. The lowest BCUT2D eigenvalue weighted by Gasteiger charge is -2.41. The zero-order valence-corrected chi connectivity index (χ0v) is 16.1. The predicted octanol–water partition coefficient (Wildman–Crippen LogP) is 2.50. The van der Waals surface area contributed by atoms with Crippen molar-refractivity contribution in [3.05, 3.63) is 29.6 Å². The second kappa shape index (κ2) is 7.67. The van der Waals surface area contributed by atoms with Crippen LogP contribution < -0.4 is 4.72 Å². The third-order valence-corrected chi connectivity index (χ3v) is 7.09. The quantitative estimate of drug-likeness (QED) is 0.588. The van der Waals surface area contributed by atoms with Crippen molar-refractivity contribution in [2.75, 3.05) is 7.05 Å². The molecule has 0 radical (unpaired) electrons. The van der Waals surface area contributed by atoms with Gasteiger partial charge in [-0.05, 0) is 56.3 Å². The van der Waals surface area contributed by atoms with Crippen LogP contribution in [0.4, 0.5) is 4.39 Å². The minimum absolute atomic E-state index is 0.111. The summed E-state index contributed by atoms with van der Waals surface area (Å²) in [6, 6.07) is 3.98. The number of esters is 1. The molecule has 1 aliphatic carbocycles. The number of benzene rings is 1. The lowest BCUT2D eigenvalue weighted by atomic mass is 9.76. The van der Waals surface area contributed by atoms with Crippen molar-refractivity contribution >= 4 is 21.8 Å². The third-order valence-electron chi connectivity index (χ3n) is 5.65. The number of sulfonamides is 1. The molecule has 8 heteroatoms. The smallest absolute Gasteiger partial charge is 0.313 e. The van der Waals surface area contributed by atoms with E-state index < -0.39 is 32.3 Å². The molecule has 0 amide bonds. The summed E-state index contributed by atoms with van der Waals surface area (Å²) in [5.74, 6) is -1.28. The van der Waals surface area contributed by atoms with Crippen molar-refractivity contribution in [1.82, 2.24) is 4.72 Å². The monoisotopic (exact) mass is 397 g/mol. The zero-order valence-electron chi connectivity index (χ0n) is 15.3. The molecule has 1 aliphatic heterocycles. The highest BCUT2D eigenvalue weighted by molar-refractivity contribution is 7.89. The van der Waals surface area contributed by atoms with Crippen LogP contribution in [0.2, 0.25) is 0 Å². The van der Waals surface area contributed by atoms with Crippen LogP contribution in [0, 0.1) is 11.7 Å². The number of carbonyl (C=O) groups excluding carboxylic acids is 2. The molecule has 1 saturated heterocycles. The summed E-state index contributed by atoms with van der Waals surface area (Å²) in [5, 5.41) is 0. The Balaban J connectivity index is 1.81. The second-order valence-corrected chi connectivity index (χ2v) is 9.24. The highest BCUT2D eigenvalue weighted by Crippen LogP contribution is 2.43. The standard InChI is InChI=1S/C19H24FNO5S/c1-21-27(24,25)17-7-6-13(10-16(17)20)8-9-19(14-4-2-3-5-14)12-15(22)11-18(23)26-19/h6-7,10,14,21H,2-5,8-9,11-12H2,1H3. The van der Waals surface area contributed by atoms with Gasteiger partial charge in [0.25, 0.3) is 0 Å². The fourth-order valence-electron chi connectivity index (χ4n) is 4.26. The lowest BCUT2D eigenvalue weighted by Crippen LogP contribution is -2.48. The first-order chi connectivity index (χ1) is 12.8. The first-order valence-corrected chi connectivity index (χ1v) is 10.7. The maximum absolute atomic E-state index is 14.3. The number of ketones is 1. The maximum Gasteiger partial charge on any atom is 0.313 e. The summed E-state index contributed by atoms with van der Waals surface area (Å²) in [6.07, 6.45) is 4.76. The average molecular weight is 397 g/mol. The van der Waals surface area contributed by atoms with Gasteiger partial charge in [-0.25, -0.2) is 17.5 Å². The van der Waals surface area contributed by atoms with Crippen LogP contribution in [0.15, 0.2) is 23.1 Å². The normalized spacial score (nSPS) is 24.2. The number of nitrogens with one attached hydrogen (secondary N) is 1. The van der Waals surface area contributed by atoms with E-state index in [2.05, 4.69) is 4.72 Å². The van der Waals surface area contributed by atoms with Gasteiger partial charge in [-0.15, -0.1) is 0 Å². The molecule has 1 heterocycles. The van der Waals surface area contributed by atoms with Gasteiger partial charge in [0.05, 0.1) is 0 Å². The fourth-order valence-corrected chi connectivity index (χ4v) is 5.05. The highest BCUT2D eigenvalue weighted by Gasteiger charge is 2.47. The molecule has 1 aromatic rings. The third kappa shape index (κ3) is 4.21. The average Bonchev–Trinajstić information content (AvgIpc) is 3.14. The van der Waals surface area contributed by atoms with Gasteiger partial charge in [-0.3, -0.25) is 9.59 Å². The van der Waals surface area contributed by atoms with E-state index in [1.807, 2.05) is 0 Å². The van der Waals surface area contributed by atoms with Crippen molar-refractivity contribution in [2.24, 2.45) is 5.92 Å². The van der Waals surface area contributed by atoms with Gasteiger partial charge in [-0.2, -0.15) is 0 Å². The van der Waals surface area contributed by atoms with Crippen LogP contribution in [0.1, 0.15) is 50.5 Å². The molecular formula is C19H24FNO5S. The van der Waals surface area contributed by atoms with E-state index in [-0.39, 0.29) is 24.5 Å². The molecule has 6 nitrogen and oxygen atoms in total. The number of aryl methyl sites for hydroxylation is 1. The van der Waals surface area contributed by atoms with E-state index >= 15 is 0 Å². The number of halogens is 1. The van der Waals surface area contributed by atoms with Crippen molar-refractivity contribution in [3.8, 4) is 0 Å².